The van der Waals surface area contributed by atoms with Gasteiger partial charge in [0.25, 0.3) is 0 Å². The fraction of sp³-hybridized carbons (Fsp3) is 0.160. The van der Waals surface area contributed by atoms with Crippen LogP contribution in [0.1, 0.15) is 12.5 Å². The van der Waals surface area contributed by atoms with Gasteiger partial charge in [0.1, 0.15) is 11.5 Å². The van der Waals surface area contributed by atoms with Crippen LogP contribution in [0.3, 0.4) is 0 Å². The maximum Gasteiger partial charge on any atom is 0.334 e. The third-order valence-electron chi connectivity index (χ3n) is 5.83. The molecule has 0 N–H and O–H groups in total. The molecule has 5 rings (SSSR count). The number of carbonyl (C=O) groups excluding carboxylic acids is 1. The number of likely N-dealkylation sites (tertiary alicyclic amines) is 1. The van der Waals surface area contributed by atoms with Crippen LogP contribution < -0.4 is 10.4 Å². The summed E-state index contributed by atoms with van der Waals surface area (Å²) in [6.07, 6.45) is 5.38. The Hall–Kier alpha value is -3.84. The highest BCUT2D eigenvalue weighted by Gasteiger charge is 2.29. The fourth-order valence-corrected chi connectivity index (χ4v) is 4.38. The van der Waals surface area contributed by atoms with Gasteiger partial charge in [-0.2, -0.15) is 0 Å². The number of pyridine rings is 1. The lowest BCUT2D eigenvalue weighted by molar-refractivity contribution is -0.125. The Morgan fingerprint density at radius 3 is 2.45 bits per heavy atom. The minimum absolute atomic E-state index is 0.111. The first-order chi connectivity index (χ1) is 16.0. The second kappa shape index (κ2) is 8.60. The third kappa shape index (κ3) is 3.91. The Morgan fingerprint density at radius 2 is 1.76 bits per heavy atom. The van der Waals surface area contributed by atoms with Gasteiger partial charge in [-0.3, -0.25) is 18.9 Å². The average Bonchev–Trinajstić information content (AvgIpc) is 3.43. The average molecular weight is 461 g/mol. The molecule has 1 aliphatic heterocycles. The smallest absolute Gasteiger partial charge is 0.334 e. The number of halogens is 1. The van der Waals surface area contributed by atoms with Crippen molar-refractivity contribution in [2.75, 3.05) is 13.1 Å². The zero-order chi connectivity index (χ0) is 22.9. The molecule has 2 aromatic heterocycles. The molecule has 0 radical (unpaired) electrons. The van der Waals surface area contributed by atoms with E-state index in [0.717, 1.165) is 5.52 Å². The number of imidazole rings is 1. The molecule has 1 aliphatic rings. The molecule has 1 atom stereocenters. The minimum Gasteiger partial charge on any atom is -0.457 e. The van der Waals surface area contributed by atoms with Crippen LogP contribution in [0, 0.1) is 0 Å². The summed E-state index contributed by atoms with van der Waals surface area (Å²) >= 11 is 5.93. The third-order valence-corrected chi connectivity index (χ3v) is 6.09. The molecule has 0 aliphatic carbocycles. The number of ether oxygens (including phenoxy) is 1. The Morgan fingerprint density at radius 1 is 1.06 bits per heavy atom. The van der Waals surface area contributed by atoms with Crippen molar-refractivity contribution in [3.8, 4) is 17.2 Å². The first kappa shape index (κ1) is 21.0. The molecule has 1 unspecified atom stereocenters. The monoisotopic (exact) mass is 460 g/mol. The van der Waals surface area contributed by atoms with E-state index >= 15 is 0 Å². The summed E-state index contributed by atoms with van der Waals surface area (Å²) in [5.41, 5.74) is 2.04. The van der Waals surface area contributed by atoms with Gasteiger partial charge in [0, 0.05) is 24.3 Å². The Balaban J connectivity index is 1.49. The van der Waals surface area contributed by atoms with Crippen LogP contribution in [0.25, 0.3) is 16.7 Å². The highest BCUT2D eigenvalue weighted by Crippen LogP contribution is 2.28. The van der Waals surface area contributed by atoms with Crippen molar-refractivity contribution in [3.05, 3.63) is 95.2 Å². The van der Waals surface area contributed by atoms with Gasteiger partial charge in [-0.15, -0.1) is 0 Å². The quantitative estimate of drug-likeness (QED) is 0.408. The molecule has 1 fully saturated rings. The van der Waals surface area contributed by atoms with Crippen molar-refractivity contribution < 1.29 is 9.53 Å². The maximum absolute atomic E-state index is 13.6. The lowest BCUT2D eigenvalue weighted by Gasteiger charge is -2.15. The molecule has 0 spiro atoms. The molecule has 3 heterocycles. The van der Waals surface area contributed by atoms with Gasteiger partial charge in [-0.1, -0.05) is 18.2 Å². The molecule has 7 nitrogen and oxygen atoms in total. The van der Waals surface area contributed by atoms with Gasteiger partial charge in [-0.05, 0) is 67.1 Å². The highest BCUT2D eigenvalue weighted by molar-refractivity contribution is 6.30. The zero-order valence-electron chi connectivity index (χ0n) is 17.7. The zero-order valence-corrected chi connectivity index (χ0v) is 18.5. The molecule has 166 valence electrons. The van der Waals surface area contributed by atoms with E-state index in [2.05, 4.69) is 11.6 Å². The number of nitrogens with zero attached hydrogens (tertiary/aromatic N) is 4. The van der Waals surface area contributed by atoms with Gasteiger partial charge in [0.05, 0.1) is 29.0 Å². The lowest BCUT2D eigenvalue weighted by Crippen LogP contribution is -2.31. The van der Waals surface area contributed by atoms with E-state index in [9.17, 15) is 9.59 Å². The predicted octanol–water partition coefficient (Wildman–Crippen LogP) is 4.59. The largest absolute Gasteiger partial charge is 0.457 e. The summed E-state index contributed by atoms with van der Waals surface area (Å²) in [5, 5.41) is 0.640. The number of benzene rings is 2. The van der Waals surface area contributed by atoms with E-state index in [-0.39, 0.29) is 17.6 Å². The molecule has 0 saturated carbocycles. The number of rotatable bonds is 5. The Labute approximate surface area is 195 Å². The predicted molar refractivity (Wildman–Crippen MR) is 127 cm³/mol. The molecule has 1 amide bonds. The van der Waals surface area contributed by atoms with Crippen LogP contribution in [0.4, 0.5) is 0 Å². The molecule has 4 aromatic rings. The van der Waals surface area contributed by atoms with Crippen molar-refractivity contribution >= 4 is 28.5 Å². The summed E-state index contributed by atoms with van der Waals surface area (Å²) < 4.78 is 9.28. The van der Waals surface area contributed by atoms with Crippen molar-refractivity contribution in [3.63, 3.8) is 0 Å². The van der Waals surface area contributed by atoms with E-state index in [1.807, 2.05) is 30.3 Å². The number of carbonyl (C=O) groups is 1. The number of hydrogen-bond acceptors (Lipinski definition) is 4. The van der Waals surface area contributed by atoms with Gasteiger partial charge < -0.3 is 9.64 Å². The molecule has 8 heteroatoms. The normalized spacial score (nSPS) is 15.7. The van der Waals surface area contributed by atoms with Crippen molar-refractivity contribution in [1.82, 2.24) is 19.0 Å². The second-order valence-electron chi connectivity index (χ2n) is 7.83. The second-order valence-corrected chi connectivity index (χ2v) is 8.27. The highest BCUT2D eigenvalue weighted by atomic mass is 35.5. The Bertz CT molecular complexity index is 1390. The number of aromatic nitrogens is 3. The van der Waals surface area contributed by atoms with Crippen LogP contribution >= 0.6 is 11.6 Å². The van der Waals surface area contributed by atoms with Gasteiger partial charge in [0.15, 0.2) is 0 Å². The number of hydrogen-bond donors (Lipinski definition) is 0. The van der Waals surface area contributed by atoms with E-state index in [1.54, 1.807) is 50.7 Å². The first-order valence-corrected chi connectivity index (χ1v) is 10.9. The van der Waals surface area contributed by atoms with E-state index in [0.29, 0.717) is 47.2 Å². The molecular weight excluding hydrogens is 440 g/mol. The first-order valence-electron chi connectivity index (χ1n) is 10.6. The summed E-state index contributed by atoms with van der Waals surface area (Å²) in [4.78, 5) is 31.5. The Kier molecular flexibility index (Phi) is 5.48. The van der Waals surface area contributed by atoms with Crippen LogP contribution in [0.2, 0.25) is 5.02 Å². The van der Waals surface area contributed by atoms with Crippen molar-refractivity contribution in [2.24, 2.45) is 0 Å². The summed E-state index contributed by atoms with van der Waals surface area (Å²) in [7, 11) is 0. The van der Waals surface area contributed by atoms with Gasteiger partial charge >= 0.3 is 5.69 Å². The molecule has 33 heavy (non-hydrogen) atoms. The number of amides is 1. The van der Waals surface area contributed by atoms with E-state index in [1.165, 1.54) is 6.08 Å². The molecule has 2 aromatic carbocycles. The van der Waals surface area contributed by atoms with Crippen LogP contribution in [-0.4, -0.2) is 38.0 Å². The number of fused-ring (bicyclic) bond motifs is 1. The van der Waals surface area contributed by atoms with Gasteiger partial charge in [-0.25, -0.2) is 4.79 Å². The minimum atomic E-state index is -0.165. The molecule has 0 bridgehead atoms. The summed E-state index contributed by atoms with van der Waals surface area (Å²) in [5.74, 6) is 1.20. The van der Waals surface area contributed by atoms with Crippen LogP contribution in [0.5, 0.6) is 11.5 Å². The van der Waals surface area contributed by atoms with Crippen molar-refractivity contribution in [2.45, 2.75) is 12.5 Å². The van der Waals surface area contributed by atoms with E-state index in [4.69, 9.17) is 16.3 Å². The molecule has 1 saturated heterocycles. The fourth-order valence-electron chi connectivity index (χ4n) is 4.25. The lowest BCUT2D eigenvalue weighted by atomic mass is 10.2. The molecular formula is C25H21ClN4O3. The van der Waals surface area contributed by atoms with Crippen LogP contribution in [-0.2, 0) is 4.79 Å². The standard InChI is InChI=1S/C25H21ClN4O3/c1-2-24(31)28-14-12-19(16-28)30-22-11-13-27-15-23(22)29(25(30)32)18-5-9-21(10-6-18)33-20-7-3-17(26)4-8-20/h2-11,13,15,19H,1,12,14,16H2. The SMILES string of the molecule is C=CC(=O)N1CCC(n2c(=O)n(-c3ccc(Oc4ccc(Cl)cc4)cc3)c3cnccc32)C1. The van der Waals surface area contributed by atoms with Crippen molar-refractivity contribution in [1.29, 1.82) is 0 Å². The van der Waals surface area contributed by atoms with Gasteiger partial charge in [0.2, 0.25) is 5.91 Å². The summed E-state index contributed by atoms with van der Waals surface area (Å²) in [6.45, 7) is 4.63. The maximum atomic E-state index is 13.6. The van der Waals surface area contributed by atoms with Crippen LogP contribution in [0.15, 0.2) is 84.4 Å². The van der Waals surface area contributed by atoms with E-state index < -0.39 is 0 Å². The summed E-state index contributed by atoms with van der Waals surface area (Å²) in [6, 6.07) is 16.1. The topological polar surface area (TPSA) is 69.4 Å².